The summed E-state index contributed by atoms with van der Waals surface area (Å²) in [5.41, 5.74) is 0.782. The van der Waals surface area contributed by atoms with Crippen molar-refractivity contribution >= 4 is 0 Å². The van der Waals surface area contributed by atoms with Crippen molar-refractivity contribution in [3.8, 4) is 5.75 Å². The normalized spacial score (nSPS) is 12.4. The van der Waals surface area contributed by atoms with Crippen LogP contribution >= 0.6 is 0 Å². The van der Waals surface area contributed by atoms with E-state index in [0.29, 0.717) is 18.2 Å². The van der Waals surface area contributed by atoms with Crippen LogP contribution in [-0.4, -0.2) is 21.8 Å². The lowest BCUT2D eigenvalue weighted by molar-refractivity contribution is 0.285. The Morgan fingerprint density at radius 2 is 2.26 bits per heavy atom. The molecule has 1 atom stereocenters. The Labute approximate surface area is 111 Å². The minimum atomic E-state index is -0.275. The molecule has 6 heteroatoms. The molecule has 5 nitrogen and oxygen atoms in total. The summed E-state index contributed by atoms with van der Waals surface area (Å²) in [4.78, 5) is 0. The summed E-state index contributed by atoms with van der Waals surface area (Å²) in [5, 5.41) is 10.8. The van der Waals surface area contributed by atoms with Crippen molar-refractivity contribution < 1.29 is 9.13 Å². The predicted molar refractivity (Wildman–Crippen MR) is 69.2 cm³/mol. The third-order valence-electron chi connectivity index (χ3n) is 3.03. The Hall–Kier alpha value is -1.95. The van der Waals surface area contributed by atoms with Gasteiger partial charge < -0.3 is 14.6 Å². The molecule has 1 heterocycles. The lowest BCUT2D eigenvalue weighted by Gasteiger charge is -2.16. The van der Waals surface area contributed by atoms with Crippen molar-refractivity contribution in [3.05, 3.63) is 41.7 Å². The molecule has 0 aliphatic carbocycles. The molecule has 0 saturated heterocycles. The Balaban J connectivity index is 2.18. The van der Waals surface area contributed by atoms with Crippen LogP contribution in [0.15, 0.2) is 24.5 Å². The maximum atomic E-state index is 13.3. The molecule has 0 aliphatic rings. The summed E-state index contributed by atoms with van der Waals surface area (Å²) in [7, 11) is 3.67. The van der Waals surface area contributed by atoms with Crippen LogP contribution in [0.25, 0.3) is 0 Å². The van der Waals surface area contributed by atoms with E-state index in [2.05, 4.69) is 15.5 Å². The molecule has 0 bridgehead atoms. The number of aryl methyl sites for hydroxylation is 1. The zero-order valence-electron chi connectivity index (χ0n) is 11.2. The SMILES string of the molecule is CNC(C)c1cc(F)ccc1OCc1nncn1C. The van der Waals surface area contributed by atoms with Crippen LogP contribution in [0, 0.1) is 5.82 Å². The van der Waals surface area contributed by atoms with Crippen LogP contribution < -0.4 is 10.1 Å². The quantitative estimate of drug-likeness (QED) is 0.895. The number of ether oxygens (including phenoxy) is 1. The Kier molecular flexibility index (Phi) is 4.11. The van der Waals surface area contributed by atoms with Crippen LogP contribution in [0.3, 0.4) is 0 Å². The minimum Gasteiger partial charge on any atom is -0.485 e. The molecule has 0 spiro atoms. The van der Waals surface area contributed by atoms with E-state index in [9.17, 15) is 4.39 Å². The Morgan fingerprint density at radius 1 is 1.47 bits per heavy atom. The van der Waals surface area contributed by atoms with E-state index >= 15 is 0 Å². The van der Waals surface area contributed by atoms with Gasteiger partial charge in [-0.3, -0.25) is 0 Å². The summed E-state index contributed by atoms with van der Waals surface area (Å²) < 4.78 is 20.8. The molecule has 0 amide bonds. The van der Waals surface area contributed by atoms with Gasteiger partial charge in [-0.1, -0.05) is 0 Å². The molecule has 1 unspecified atom stereocenters. The highest BCUT2D eigenvalue weighted by molar-refractivity contribution is 5.36. The number of benzene rings is 1. The van der Waals surface area contributed by atoms with E-state index in [1.807, 2.05) is 21.0 Å². The number of hydrogen-bond acceptors (Lipinski definition) is 4. The number of hydrogen-bond donors (Lipinski definition) is 1. The van der Waals surface area contributed by atoms with Crippen molar-refractivity contribution in [2.45, 2.75) is 19.6 Å². The van der Waals surface area contributed by atoms with Crippen LogP contribution in [-0.2, 0) is 13.7 Å². The minimum absolute atomic E-state index is 0.00481. The van der Waals surface area contributed by atoms with E-state index in [-0.39, 0.29) is 11.9 Å². The number of halogens is 1. The van der Waals surface area contributed by atoms with Gasteiger partial charge in [0.25, 0.3) is 0 Å². The molecule has 1 aromatic carbocycles. The van der Waals surface area contributed by atoms with E-state index in [4.69, 9.17) is 4.74 Å². The molecule has 19 heavy (non-hydrogen) atoms. The number of aromatic nitrogens is 3. The molecule has 1 N–H and O–H groups in total. The number of nitrogens with one attached hydrogen (secondary N) is 1. The molecule has 2 rings (SSSR count). The molecule has 0 fully saturated rings. The second kappa shape index (κ2) is 5.79. The maximum Gasteiger partial charge on any atom is 0.170 e. The molecule has 102 valence electrons. The van der Waals surface area contributed by atoms with E-state index in [1.54, 1.807) is 17.0 Å². The Bertz CT molecular complexity index is 555. The van der Waals surface area contributed by atoms with Gasteiger partial charge in [0.1, 0.15) is 24.5 Å². The zero-order valence-corrected chi connectivity index (χ0v) is 11.2. The summed E-state index contributed by atoms with van der Waals surface area (Å²) in [6, 6.07) is 4.50. The molecule has 0 aliphatic heterocycles. The van der Waals surface area contributed by atoms with Crippen molar-refractivity contribution in [1.82, 2.24) is 20.1 Å². The highest BCUT2D eigenvalue weighted by Crippen LogP contribution is 2.26. The molecule has 1 aromatic heterocycles. The average Bonchev–Trinajstić information content (AvgIpc) is 2.82. The third-order valence-corrected chi connectivity index (χ3v) is 3.03. The monoisotopic (exact) mass is 264 g/mol. The standard InChI is InChI=1S/C13H17FN4O/c1-9(15-2)11-6-10(14)4-5-12(11)19-7-13-17-16-8-18(13)3/h4-6,8-9,15H,7H2,1-3H3. The maximum absolute atomic E-state index is 13.3. The van der Waals surface area contributed by atoms with E-state index in [0.717, 1.165) is 5.56 Å². The summed E-state index contributed by atoms with van der Waals surface area (Å²) in [5.74, 6) is 1.08. The van der Waals surface area contributed by atoms with Gasteiger partial charge in [-0.25, -0.2) is 4.39 Å². The summed E-state index contributed by atoms with van der Waals surface area (Å²) >= 11 is 0. The van der Waals surface area contributed by atoms with Gasteiger partial charge in [-0.2, -0.15) is 0 Å². The first-order chi connectivity index (χ1) is 9.11. The van der Waals surface area contributed by atoms with Gasteiger partial charge in [0.05, 0.1) is 0 Å². The summed E-state index contributed by atoms with van der Waals surface area (Å²) in [6.45, 7) is 2.25. The Morgan fingerprint density at radius 3 is 2.89 bits per heavy atom. The van der Waals surface area contributed by atoms with Gasteiger partial charge in [0.2, 0.25) is 0 Å². The highest BCUT2D eigenvalue weighted by atomic mass is 19.1. The van der Waals surface area contributed by atoms with Crippen LogP contribution in [0.2, 0.25) is 0 Å². The topological polar surface area (TPSA) is 52.0 Å². The zero-order chi connectivity index (χ0) is 13.8. The van der Waals surface area contributed by atoms with Gasteiger partial charge in [-0.15, -0.1) is 10.2 Å². The van der Waals surface area contributed by atoms with Gasteiger partial charge >= 0.3 is 0 Å². The van der Waals surface area contributed by atoms with Gasteiger partial charge in [0, 0.05) is 18.7 Å². The van der Waals surface area contributed by atoms with E-state index < -0.39 is 0 Å². The van der Waals surface area contributed by atoms with Crippen LogP contribution in [0.5, 0.6) is 5.75 Å². The highest BCUT2D eigenvalue weighted by Gasteiger charge is 2.12. The van der Waals surface area contributed by atoms with Crippen molar-refractivity contribution in [3.63, 3.8) is 0 Å². The van der Waals surface area contributed by atoms with Gasteiger partial charge in [0.15, 0.2) is 5.82 Å². The van der Waals surface area contributed by atoms with E-state index in [1.165, 1.54) is 12.1 Å². The number of nitrogens with zero attached hydrogens (tertiary/aromatic N) is 3. The lowest BCUT2D eigenvalue weighted by Crippen LogP contribution is -2.14. The predicted octanol–water partition coefficient (Wildman–Crippen LogP) is 1.81. The molecule has 2 aromatic rings. The van der Waals surface area contributed by atoms with Crippen LogP contribution in [0.1, 0.15) is 24.4 Å². The first-order valence-corrected chi connectivity index (χ1v) is 6.04. The molecular formula is C13H17FN4O. The fourth-order valence-electron chi connectivity index (χ4n) is 1.72. The smallest absolute Gasteiger partial charge is 0.170 e. The van der Waals surface area contributed by atoms with Gasteiger partial charge in [-0.05, 0) is 32.2 Å². The number of rotatable bonds is 5. The lowest BCUT2D eigenvalue weighted by atomic mass is 10.1. The third kappa shape index (κ3) is 3.08. The van der Waals surface area contributed by atoms with Crippen molar-refractivity contribution in [1.29, 1.82) is 0 Å². The molecule has 0 saturated carbocycles. The largest absolute Gasteiger partial charge is 0.485 e. The first-order valence-electron chi connectivity index (χ1n) is 6.04. The fraction of sp³-hybridized carbons (Fsp3) is 0.385. The van der Waals surface area contributed by atoms with Crippen molar-refractivity contribution in [2.75, 3.05) is 7.05 Å². The average molecular weight is 264 g/mol. The van der Waals surface area contributed by atoms with Crippen LogP contribution in [0.4, 0.5) is 4.39 Å². The molecule has 0 radical (unpaired) electrons. The van der Waals surface area contributed by atoms with Crippen molar-refractivity contribution in [2.24, 2.45) is 7.05 Å². The second-order valence-corrected chi connectivity index (χ2v) is 4.34. The molecular weight excluding hydrogens is 247 g/mol. The summed E-state index contributed by atoms with van der Waals surface area (Å²) in [6.07, 6.45) is 1.61. The fourth-order valence-corrected chi connectivity index (χ4v) is 1.72. The second-order valence-electron chi connectivity index (χ2n) is 4.34. The first kappa shape index (κ1) is 13.5.